The molecule has 0 aliphatic carbocycles. The topological polar surface area (TPSA) is 82.9 Å². The van der Waals surface area contributed by atoms with Gasteiger partial charge in [-0.05, 0) is 26.0 Å². The molecule has 1 atom stereocenters. The van der Waals surface area contributed by atoms with Crippen LogP contribution in [0, 0.1) is 0 Å². The molecule has 0 saturated carbocycles. The number of carboxylic acids is 1. The van der Waals surface area contributed by atoms with Gasteiger partial charge in [-0.2, -0.15) is 5.10 Å². The van der Waals surface area contributed by atoms with Crippen molar-refractivity contribution in [2.24, 2.45) is 0 Å². The number of H-pyrrole nitrogens is 1. The molecule has 2 heterocycles. The smallest absolute Gasteiger partial charge is 0.325 e. The Morgan fingerprint density at radius 2 is 2.13 bits per heavy atom. The summed E-state index contributed by atoms with van der Waals surface area (Å²) in [5.74, 6) is -0.905. The molecule has 120 valence electrons. The first kappa shape index (κ1) is 15.3. The zero-order valence-corrected chi connectivity index (χ0v) is 13.2. The van der Waals surface area contributed by atoms with E-state index in [2.05, 4.69) is 29.2 Å². The Hall–Kier alpha value is -2.60. The first-order valence-electron chi connectivity index (χ1n) is 7.62. The summed E-state index contributed by atoms with van der Waals surface area (Å²) in [5, 5.41) is 18.0. The number of carbonyl (C=O) groups is 1. The molecule has 0 bridgehead atoms. The Balaban J connectivity index is 1.80. The molecule has 0 aliphatic heterocycles. The summed E-state index contributed by atoms with van der Waals surface area (Å²) in [6.45, 7) is 4.50. The van der Waals surface area contributed by atoms with Crippen LogP contribution in [0.1, 0.15) is 37.2 Å². The monoisotopic (exact) mass is 312 g/mol. The summed E-state index contributed by atoms with van der Waals surface area (Å²) < 4.78 is 1.86. The van der Waals surface area contributed by atoms with E-state index in [1.807, 2.05) is 41.2 Å². The van der Waals surface area contributed by atoms with Crippen LogP contribution in [-0.4, -0.2) is 25.8 Å². The highest BCUT2D eigenvalue weighted by molar-refractivity contribution is 5.89. The standard InChI is InChI=1S/C17H20N4O2/c1-11(2)21-8-7-12(20-21)9-19-16(17(22)23)14-10-18-15-6-4-3-5-13(14)15/h3-8,10-11,16,18-19H,9H2,1-2H3,(H,22,23). The average Bonchev–Trinajstić information content (AvgIpc) is 3.15. The first-order valence-corrected chi connectivity index (χ1v) is 7.62. The van der Waals surface area contributed by atoms with Gasteiger partial charge in [0.2, 0.25) is 0 Å². The van der Waals surface area contributed by atoms with Gasteiger partial charge in [0.25, 0.3) is 0 Å². The lowest BCUT2D eigenvalue weighted by Gasteiger charge is -2.13. The Kier molecular flexibility index (Phi) is 4.16. The predicted molar refractivity (Wildman–Crippen MR) is 88.1 cm³/mol. The van der Waals surface area contributed by atoms with Crippen LogP contribution in [-0.2, 0) is 11.3 Å². The van der Waals surface area contributed by atoms with Crippen LogP contribution < -0.4 is 5.32 Å². The van der Waals surface area contributed by atoms with Crippen molar-refractivity contribution < 1.29 is 9.90 Å². The number of carboxylic acid groups (broad SMARTS) is 1. The first-order chi connectivity index (χ1) is 11.1. The number of hydrogen-bond donors (Lipinski definition) is 3. The maximum atomic E-state index is 11.7. The molecule has 3 rings (SSSR count). The van der Waals surface area contributed by atoms with Gasteiger partial charge in [-0.1, -0.05) is 18.2 Å². The van der Waals surface area contributed by atoms with Crippen molar-refractivity contribution in [2.45, 2.75) is 32.5 Å². The van der Waals surface area contributed by atoms with Gasteiger partial charge >= 0.3 is 5.97 Å². The molecule has 0 fully saturated rings. The fourth-order valence-electron chi connectivity index (χ4n) is 2.63. The van der Waals surface area contributed by atoms with Crippen molar-refractivity contribution in [1.82, 2.24) is 20.1 Å². The van der Waals surface area contributed by atoms with Gasteiger partial charge in [0, 0.05) is 41.4 Å². The van der Waals surface area contributed by atoms with Crippen LogP contribution in [0.3, 0.4) is 0 Å². The summed E-state index contributed by atoms with van der Waals surface area (Å²) in [6, 6.07) is 9.09. The quantitative estimate of drug-likeness (QED) is 0.653. The van der Waals surface area contributed by atoms with Crippen LogP contribution in [0.5, 0.6) is 0 Å². The Morgan fingerprint density at radius 3 is 2.83 bits per heavy atom. The minimum absolute atomic E-state index is 0.285. The van der Waals surface area contributed by atoms with Crippen molar-refractivity contribution in [3.05, 3.63) is 54.0 Å². The number of rotatable bonds is 6. The number of benzene rings is 1. The third-order valence-corrected chi connectivity index (χ3v) is 3.86. The number of para-hydroxylation sites is 1. The Labute approximate surface area is 134 Å². The van der Waals surface area contributed by atoms with Crippen LogP contribution >= 0.6 is 0 Å². The van der Waals surface area contributed by atoms with E-state index >= 15 is 0 Å². The van der Waals surface area contributed by atoms with Crippen molar-refractivity contribution in [2.75, 3.05) is 0 Å². The fraction of sp³-hybridized carbons (Fsp3) is 0.294. The SMILES string of the molecule is CC(C)n1ccc(CNC(C(=O)O)c2c[nH]c3ccccc23)n1. The lowest BCUT2D eigenvalue weighted by molar-refractivity contribution is -0.139. The highest BCUT2D eigenvalue weighted by Gasteiger charge is 2.22. The molecule has 0 amide bonds. The largest absolute Gasteiger partial charge is 0.480 e. The van der Waals surface area contributed by atoms with Crippen LogP contribution in [0.2, 0.25) is 0 Å². The molecule has 3 N–H and O–H groups in total. The number of fused-ring (bicyclic) bond motifs is 1. The van der Waals surface area contributed by atoms with E-state index in [0.717, 1.165) is 22.2 Å². The number of nitrogens with zero attached hydrogens (tertiary/aromatic N) is 2. The predicted octanol–water partition coefficient (Wildman–Crippen LogP) is 2.86. The van der Waals surface area contributed by atoms with Gasteiger partial charge in [-0.3, -0.25) is 14.8 Å². The molecule has 1 aromatic carbocycles. The van der Waals surface area contributed by atoms with E-state index < -0.39 is 12.0 Å². The van der Waals surface area contributed by atoms with E-state index in [1.165, 1.54) is 0 Å². The minimum Gasteiger partial charge on any atom is -0.480 e. The van der Waals surface area contributed by atoms with Gasteiger partial charge in [0.15, 0.2) is 0 Å². The Bertz CT molecular complexity index is 819. The zero-order chi connectivity index (χ0) is 16.4. The van der Waals surface area contributed by atoms with Crippen molar-refractivity contribution in [3.63, 3.8) is 0 Å². The molecular formula is C17H20N4O2. The lowest BCUT2D eigenvalue weighted by Crippen LogP contribution is -2.28. The van der Waals surface area contributed by atoms with Gasteiger partial charge < -0.3 is 10.1 Å². The molecule has 6 heteroatoms. The molecule has 23 heavy (non-hydrogen) atoms. The molecule has 0 saturated heterocycles. The highest BCUT2D eigenvalue weighted by Crippen LogP contribution is 2.24. The zero-order valence-electron chi connectivity index (χ0n) is 13.2. The summed E-state index contributed by atoms with van der Waals surface area (Å²) >= 11 is 0. The van der Waals surface area contributed by atoms with Crippen molar-refractivity contribution >= 4 is 16.9 Å². The molecule has 6 nitrogen and oxygen atoms in total. The van der Waals surface area contributed by atoms with E-state index in [-0.39, 0.29) is 6.04 Å². The second kappa shape index (κ2) is 6.26. The normalized spacial score (nSPS) is 12.8. The van der Waals surface area contributed by atoms with E-state index in [4.69, 9.17) is 0 Å². The van der Waals surface area contributed by atoms with Crippen molar-refractivity contribution in [1.29, 1.82) is 0 Å². The molecular weight excluding hydrogens is 292 g/mol. The molecule has 2 aromatic heterocycles. The maximum absolute atomic E-state index is 11.7. The number of nitrogens with one attached hydrogen (secondary N) is 2. The second-order valence-corrected chi connectivity index (χ2v) is 5.82. The minimum atomic E-state index is -0.905. The van der Waals surface area contributed by atoms with Crippen LogP contribution in [0.15, 0.2) is 42.7 Å². The molecule has 0 aliphatic rings. The van der Waals surface area contributed by atoms with Crippen molar-refractivity contribution in [3.8, 4) is 0 Å². The number of aromatic nitrogens is 3. The third-order valence-electron chi connectivity index (χ3n) is 3.86. The average molecular weight is 312 g/mol. The van der Waals surface area contributed by atoms with E-state index in [0.29, 0.717) is 6.54 Å². The lowest BCUT2D eigenvalue weighted by atomic mass is 10.1. The Morgan fingerprint density at radius 1 is 1.35 bits per heavy atom. The number of hydrogen-bond acceptors (Lipinski definition) is 3. The van der Waals surface area contributed by atoms with E-state index in [1.54, 1.807) is 6.20 Å². The summed E-state index contributed by atoms with van der Waals surface area (Å²) in [4.78, 5) is 14.8. The van der Waals surface area contributed by atoms with Gasteiger partial charge in [-0.15, -0.1) is 0 Å². The van der Waals surface area contributed by atoms with Gasteiger partial charge in [-0.25, -0.2) is 0 Å². The summed E-state index contributed by atoms with van der Waals surface area (Å²) in [7, 11) is 0. The summed E-state index contributed by atoms with van der Waals surface area (Å²) in [5.41, 5.74) is 2.49. The molecule has 1 unspecified atom stereocenters. The number of aromatic amines is 1. The molecule has 0 spiro atoms. The van der Waals surface area contributed by atoms with E-state index in [9.17, 15) is 9.90 Å². The van der Waals surface area contributed by atoms with Gasteiger partial charge in [0.1, 0.15) is 6.04 Å². The van der Waals surface area contributed by atoms with Crippen LogP contribution in [0.25, 0.3) is 10.9 Å². The molecule has 3 aromatic rings. The number of aliphatic carboxylic acids is 1. The van der Waals surface area contributed by atoms with Crippen LogP contribution in [0.4, 0.5) is 0 Å². The maximum Gasteiger partial charge on any atom is 0.325 e. The molecule has 0 radical (unpaired) electrons. The second-order valence-electron chi connectivity index (χ2n) is 5.82. The van der Waals surface area contributed by atoms with Gasteiger partial charge in [0.05, 0.1) is 5.69 Å². The third kappa shape index (κ3) is 3.12. The highest BCUT2D eigenvalue weighted by atomic mass is 16.4. The fourth-order valence-corrected chi connectivity index (χ4v) is 2.63. The summed E-state index contributed by atoms with van der Waals surface area (Å²) in [6.07, 6.45) is 3.66.